The van der Waals surface area contributed by atoms with Gasteiger partial charge in [-0.3, -0.25) is 14.9 Å². The normalized spacial score (nSPS) is 28.2. The Morgan fingerprint density at radius 2 is 1.70 bits per heavy atom. The second-order valence-corrected chi connectivity index (χ2v) is 16.3. The zero-order chi connectivity index (χ0) is 32.3. The lowest BCUT2D eigenvalue weighted by molar-refractivity contribution is 0.0107. The molecule has 6 aliphatic rings. The number of likely N-dealkylation sites (tertiary alicyclic amines) is 1. The van der Waals surface area contributed by atoms with Gasteiger partial charge < -0.3 is 16.1 Å². The van der Waals surface area contributed by atoms with Crippen LogP contribution in [0.3, 0.4) is 0 Å². The first kappa shape index (κ1) is 30.8. The Kier molecular flexibility index (Phi) is 7.78. The van der Waals surface area contributed by atoms with Gasteiger partial charge in [0.2, 0.25) is 0 Å². The Bertz CT molecular complexity index is 1680. The van der Waals surface area contributed by atoms with Gasteiger partial charge >= 0.3 is 0 Å². The van der Waals surface area contributed by atoms with E-state index in [0.717, 1.165) is 77.2 Å². The number of fused-ring (bicyclic) bond motifs is 1. The molecule has 2 aromatic carbocycles. The summed E-state index contributed by atoms with van der Waals surface area (Å²) in [4.78, 5) is 7.26. The molecule has 1 atom stereocenters. The minimum absolute atomic E-state index is 0.0495. The molecule has 4 bridgehead atoms. The number of aromatic nitrogens is 1. The van der Waals surface area contributed by atoms with Crippen LogP contribution < -0.4 is 21.6 Å². The van der Waals surface area contributed by atoms with Crippen molar-refractivity contribution in [3.05, 3.63) is 76.7 Å². The molecular weight excluding hydrogens is 604 g/mol. The summed E-state index contributed by atoms with van der Waals surface area (Å²) in [5, 5.41) is 21.8. The number of pyridine rings is 1. The fraction of sp³-hybridized carbons (Fsp3) is 0.526. The molecule has 0 radical (unpaired) electrons. The third-order valence-corrected chi connectivity index (χ3v) is 11.9. The first-order chi connectivity index (χ1) is 22.7. The molecule has 2 aliphatic heterocycles. The van der Waals surface area contributed by atoms with Crippen molar-refractivity contribution in [2.75, 3.05) is 23.7 Å². The van der Waals surface area contributed by atoms with E-state index < -0.39 is 0 Å². The number of benzene rings is 2. The number of halogens is 1. The SMILES string of the molecule is CC(C)(C)N1CCC(N2C=C([C@@H](Nc3cc(Cl)c4ncc(C#N)c(NC56CC7CC(CC(C7)C5)C6)c4c3)c3ccccc3)NN2)CC1. The van der Waals surface area contributed by atoms with Crippen molar-refractivity contribution in [1.82, 2.24) is 25.9 Å². The number of nitriles is 1. The highest BCUT2D eigenvalue weighted by Gasteiger charge is 2.51. The van der Waals surface area contributed by atoms with Gasteiger partial charge in [0.05, 0.1) is 33.5 Å². The largest absolute Gasteiger partial charge is 0.378 e. The molecule has 0 unspecified atom stereocenters. The first-order valence-electron chi connectivity index (χ1n) is 17.6. The molecular formula is C38H47ClN8. The number of anilines is 2. The van der Waals surface area contributed by atoms with Gasteiger partial charge in [-0.25, -0.2) is 0 Å². The van der Waals surface area contributed by atoms with Crippen LogP contribution in [-0.4, -0.2) is 45.1 Å². The maximum atomic E-state index is 10.2. The summed E-state index contributed by atoms with van der Waals surface area (Å²) in [6, 6.07) is 17.3. The van der Waals surface area contributed by atoms with Crippen molar-refractivity contribution in [3.63, 3.8) is 0 Å². The van der Waals surface area contributed by atoms with Crippen LogP contribution in [0.1, 0.15) is 89.3 Å². The van der Waals surface area contributed by atoms with E-state index in [4.69, 9.17) is 11.6 Å². The van der Waals surface area contributed by atoms with E-state index in [1.165, 1.54) is 38.5 Å². The number of nitrogens with zero attached hydrogens (tertiary/aromatic N) is 4. The molecule has 8 nitrogen and oxygen atoms in total. The highest BCUT2D eigenvalue weighted by atomic mass is 35.5. The van der Waals surface area contributed by atoms with Gasteiger partial charge in [-0.05, 0) is 108 Å². The topological polar surface area (TPSA) is 91.3 Å². The molecule has 47 heavy (non-hydrogen) atoms. The fourth-order valence-electron chi connectivity index (χ4n) is 9.75. The van der Waals surface area contributed by atoms with Gasteiger partial charge in [0.25, 0.3) is 0 Å². The van der Waals surface area contributed by atoms with Gasteiger partial charge in [-0.2, -0.15) is 5.26 Å². The quantitative estimate of drug-likeness (QED) is 0.207. The average molecular weight is 651 g/mol. The number of hydrogen-bond acceptors (Lipinski definition) is 8. The third-order valence-electron chi connectivity index (χ3n) is 11.6. The van der Waals surface area contributed by atoms with Crippen LogP contribution in [0.15, 0.2) is 60.6 Å². The van der Waals surface area contributed by atoms with Crippen LogP contribution >= 0.6 is 11.6 Å². The van der Waals surface area contributed by atoms with Crippen molar-refractivity contribution in [1.29, 1.82) is 5.26 Å². The summed E-state index contributed by atoms with van der Waals surface area (Å²) in [6.07, 6.45) is 13.8. The predicted molar refractivity (Wildman–Crippen MR) is 189 cm³/mol. The molecule has 4 saturated carbocycles. The minimum atomic E-state index is -0.149. The average Bonchev–Trinajstić information content (AvgIpc) is 3.53. The zero-order valence-corrected chi connectivity index (χ0v) is 28.6. The molecule has 9 heteroatoms. The number of nitrogens with one attached hydrogen (secondary N) is 4. The smallest absolute Gasteiger partial charge is 0.103 e. The van der Waals surface area contributed by atoms with Crippen molar-refractivity contribution < 1.29 is 0 Å². The molecule has 5 fully saturated rings. The van der Waals surface area contributed by atoms with Gasteiger partial charge in [0, 0.05) is 53.7 Å². The molecule has 246 valence electrons. The van der Waals surface area contributed by atoms with Crippen molar-refractivity contribution in [2.45, 2.75) is 95.3 Å². The summed E-state index contributed by atoms with van der Waals surface area (Å²) in [7, 11) is 0. The predicted octanol–water partition coefficient (Wildman–Crippen LogP) is 7.72. The van der Waals surface area contributed by atoms with E-state index in [0.29, 0.717) is 16.6 Å². The Morgan fingerprint density at radius 3 is 2.34 bits per heavy atom. The van der Waals surface area contributed by atoms with Gasteiger partial charge in [-0.15, -0.1) is 5.53 Å². The molecule has 0 spiro atoms. The zero-order valence-electron chi connectivity index (χ0n) is 27.8. The number of rotatable bonds is 7. The molecule has 1 aromatic heterocycles. The Morgan fingerprint density at radius 1 is 1.02 bits per heavy atom. The molecule has 4 aliphatic carbocycles. The lowest BCUT2D eigenvalue weighted by Gasteiger charge is -2.57. The Balaban J connectivity index is 1.11. The number of hydrogen-bond donors (Lipinski definition) is 4. The van der Waals surface area contributed by atoms with E-state index in [2.05, 4.69) is 106 Å². The summed E-state index contributed by atoms with van der Waals surface area (Å²) >= 11 is 7.00. The van der Waals surface area contributed by atoms with Crippen LogP contribution in [-0.2, 0) is 0 Å². The van der Waals surface area contributed by atoms with Crippen molar-refractivity contribution >= 4 is 33.9 Å². The molecule has 3 aromatic rings. The van der Waals surface area contributed by atoms with Crippen molar-refractivity contribution in [3.8, 4) is 6.07 Å². The van der Waals surface area contributed by atoms with E-state index in [9.17, 15) is 5.26 Å². The molecule has 9 rings (SSSR count). The van der Waals surface area contributed by atoms with Crippen LogP contribution in [0.25, 0.3) is 10.9 Å². The molecule has 4 N–H and O–H groups in total. The van der Waals surface area contributed by atoms with Gasteiger partial charge in [-0.1, -0.05) is 41.9 Å². The fourth-order valence-corrected chi connectivity index (χ4v) is 10.0. The molecule has 0 amide bonds. The number of piperidine rings is 1. The summed E-state index contributed by atoms with van der Waals surface area (Å²) in [5.74, 6) is 2.39. The van der Waals surface area contributed by atoms with E-state index in [1.54, 1.807) is 6.20 Å². The third kappa shape index (κ3) is 5.92. The van der Waals surface area contributed by atoms with Gasteiger partial charge in [0.15, 0.2) is 0 Å². The van der Waals surface area contributed by atoms with Crippen LogP contribution in [0.5, 0.6) is 0 Å². The molecule has 1 saturated heterocycles. The molecule has 3 heterocycles. The summed E-state index contributed by atoms with van der Waals surface area (Å²) in [5.41, 5.74) is 12.5. The highest BCUT2D eigenvalue weighted by molar-refractivity contribution is 6.35. The Hall–Kier alpha value is -3.51. The van der Waals surface area contributed by atoms with Crippen LogP contribution in [0, 0.1) is 29.1 Å². The second-order valence-electron chi connectivity index (χ2n) is 15.9. The van der Waals surface area contributed by atoms with E-state index in [-0.39, 0.29) is 17.1 Å². The highest BCUT2D eigenvalue weighted by Crippen LogP contribution is 2.57. The Labute approximate surface area is 283 Å². The van der Waals surface area contributed by atoms with Gasteiger partial charge in [0.1, 0.15) is 6.07 Å². The maximum absolute atomic E-state index is 10.2. The maximum Gasteiger partial charge on any atom is 0.103 e. The number of hydrazine groups is 2. The second kappa shape index (κ2) is 11.9. The lowest BCUT2D eigenvalue weighted by atomic mass is 9.53. The van der Waals surface area contributed by atoms with E-state index in [1.807, 2.05) is 6.07 Å². The summed E-state index contributed by atoms with van der Waals surface area (Å²) < 4.78 is 0. The minimum Gasteiger partial charge on any atom is -0.378 e. The van der Waals surface area contributed by atoms with E-state index >= 15 is 0 Å². The summed E-state index contributed by atoms with van der Waals surface area (Å²) in [6.45, 7) is 9.08. The first-order valence-corrected chi connectivity index (χ1v) is 17.9. The monoisotopic (exact) mass is 650 g/mol. The lowest BCUT2D eigenvalue weighted by Crippen LogP contribution is -2.54. The standard InChI is InChI=1S/C38H47ClN8/c1-37(2,3)46-11-9-30(10-12-46)47-23-33(44-45-47)35(27-7-5-4-6-8-27)42-29-16-31-34(28(21-40)22-41-36(31)32(39)17-29)43-38-18-24-13-25(19-38)15-26(14-24)20-38/h4-8,16-17,22-26,30,35,42,44-45H,9-15,18-20H2,1-3H3,(H,41,43)/t24?,25?,26?,35-,38?/m0/s1. The van der Waals surface area contributed by atoms with Crippen LogP contribution in [0.2, 0.25) is 5.02 Å². The van der Waals surface area contributed by atoms with Crippen molar-refractivity contribution in [2.24, 2.45) is 17.8 Å². The van der Waals surface area contributed by atoms with Crippen LogP contribution in [0.4, 0.5) is 11.4 Å².